The van der Waals surface area contributed by atoms with Crippen molar-refractivity contribution in [1.82, 2.24) is 0 Å². The van der Waals surface area contributed by atoms with Gasteiger partial charge in [0.15, 0.2) is 0 Å². The standard InChI is InChI=1S/C11H9BrO3S.C10H7BrO3S.Na.H2O/c1-14-8-3-6-4-10(11(13)15-2)16-9(6)5-7(8)12;1-14-7-2-5-3-9(10(12)13)15-8(5)4-6(7)11;;/h3-5H,1-2H3;2-4H,1H3,(H,12,13);;1H2/q;;+1;/p-1. The SMILES string of the molecule is COC(=O)c1cc2cc(OC)c(Br)cc2s1.COc1cc2cc(C(=O)O)sc2cc1Br.[Na+].[OH-]. The second-order valence-corrected chi connectivity index (χ2v) is 9.94. The number of aromatic carboxylic acids is 1. The summed E-state index contributed by atoms with van der Waals surface area (Å²) in [5.74, 6) is 0.251. The molecule has 0 bridgehead atoms. The first-order chi connectivity index (χ1) is 14.8. The zero-order valence-corrected chi connectivity index (χ0v) is 24.8. The van der Waals surface area contributed by atoms with Crippen molar-refractivity contribution in [3.05, 3.63) is 55.1 Å². The Balaban J connectivity index is 0.000000312. The first-order valence-corrected chi connectivity index (χ1v) is 11.8. The van der Waals surface area contributed by atoms with Crippen LogP contribution in [-0.2, 0) is 4.74 Å². The Morgan fingerprint density at radius 1 is 0.788 bits per heavy atom. The summed E-state index contributed by atoms with van der Waals surface area (Å²) in [5, 5.41) is 10.7. The molecule has 7 nitrogen and oxygen atoms in total. The number of halogens is 2. The number of rotatable bonds is 4. The Morgan fingerprint density at radius 2 is 1.21 bits per heavy atom. The van der Waals surface area contributed by atoms with Crippen LogP contribution in [-0.4, -0.2) is 43.9 Å². The smallest absolute Gasteiger partial charge is 0.870 e. The zero-order valence-electron chi connectivity index (χ0n) is 18.0. The molecular weight excluding hydrogens is 611 g/mol. The number of hydrogen-bond donors (Lipinski definition) is 1. The molecule has 0 radical (unpaired) electrons. The summed E-state index contributed by atoms with van der Waals surface area (Å²) in [7, 11) is 4.57. The number of carboxylic acid groups (broad SMARTS) is 1. The van der Waals surface area contributed by atoms with E-state index in [0.717, 1.165) is 34.9 Å². The van der Waals surface area contributed by atoms with E-state index in [-0.39, 0.29) is 41.0 Å². The van der Waals surface area contributed by atoms with Crippen molar-refractivity contribution in [3.8, 4) is 11.5 Å². The largest absolute Gasteiger partial charge is 1.00 e. The molecule has 0 aliphatic heterocycles. The summed E-state index contributed by atoms with van der Waals surface area (Å²) < 4.78 is 18.7. The molecule has 0 fully saturated rings. The molecule has 0 aliphatic rings. The molecule has 0 saturated heterocycles. The van der Waals surface area contributed by atoms with Crippen molar-refractivity contribution < 1.29 is 63.9 Å². The number of carbonyl (C=O) groups is 2. The zero-order chi connectivity index (χ0) is 22.7. The summed E-state index contributed by atoms with van der Waals surface area (Å²) in [6, 6.07) is 11.0. The molecule has 2 heterocycles. The summed E-state index contributed by atoms with van der Waals surface area (Å²) in [6.07, 6.45) is 0. The van der Waals surface area contributed by atoms with Gasteiger partial charge in [-0.3, -0.25) is 0 Å². The minimum Gasteiger partial charge on any atom is -0.870 e. The van der Waals surface area contributed by atoms with Gasteiger partial charge in [-0.05, 0) is 79.0 Å². The van der Waals surface area contributed by atoms with Crippen LogP contribution in [0.15, 0.2) is 45.3 Å². The number of esters is 1. The molecule has 0 aliphatic carbocycles. The third-order valence-electron chi connectivity index (χ3n) is 4.18. The van der Waals surface area contributed by atoms with Crippen molar-refractivity contribution in [1.29, 1.82) is 0 Å². The van der Waals surface area contributed by atoms with Crippen molar-refractivity contribution in [2.45, 2.75) is 0 Å². The second kappa shape index (κ2) is 13.1. The monoisotopic (exact) mass is 626 g/mol. The quantitative estimate of drug-likeness (QED) is 0.271. The van der Waals surface area contributed by atoms with E-state index in [1.807, 2.05) is 24.3 Å². The Bertz CT molecular complexity index is 1290. The Labute approximate surface area is 236 Å². The van der Waals surface area contributed by atoms with E-state index in [4.69, 9.17) is 14.6 Å². The Hall–Kier alpha value is -1.18. The van der Waals surface area contributed by atoms with Gasteiger partial charge in [0.25, 0.3) is 0 Å². The minimum atomic E-state index is -0.897. The molecule has 0 atom stereocenters. The topological polar surface area (TPSA) is 112 Å². The number of benzene rings is 2. The fourth-order valence-electron chi connectivity index (χ4n) is 2.70. The van der Waals surface area contributed by atoms with Crippen molar-refractivity contribution in [2.75, 3.05) is 21.3 Å². The summed E-state index contributed by atoms with van der Waals surface area (Å²) in [4.78, 5) is 23.1. The van der Waals surface area contributed by atoms with Crippen LogP contribution in [0.1, 0.15) is 19.3 Å². The molecule has 0 unspecified atom stereocenters. The predicted molar refractivity (Wildman–Crippen MR) is 132 cm³/mol. The van der Waals surface area contributed by atoms with Crippen LogP contribution in [0, 0.1) is 0 Å². The van der Waals surface area contributed by atoms with Gasteiger partial charge in [0.1, 0.15) is 21.3 Å². The van der Waals surface area contributed by atoms with Gasteiger partial charge in [0.2, 0.25) is 0 Å². The molecule has 0 amide bonds. The number of ether oxygens (including phenoxy) is 3. The van der Waals surface area contributed by atoms with Crippen molar-refractivity contribution >= 4 is 86.6 Å². The molecule has 170 valence electrons. The number of hydrogen-bond acceptors (Lipinski definition) is 8. The fraction of sp³-hybridized carbons (Fsp3) is 0.143. The van der Waals surface area contributed by atoms with Gasteiger partial charge in [-0.2, -0.15) is 0 Å². The van der Waals surface area contributed by atoms with Crippen LogP contribution < -0.4 is 39.0 Å². The molecule has 33 heavy (non-hydrogen) atoms. The first kappa shape index (κ1) is 29.9. The molecule has 0 saturated carbocycles. The van der Waals surface area contributed by atoms with Gasteiger partial charge in [-0.25, -0.2) is 9.59 Å². The van der Waals surface area contributed by atoms with Gasteiger partial charge in [0, 0.05) is 9.40 Å². The van der Waals surface area contributed by atoms with E-state index in [1.54, 1.807) is 26.4 Å². The molecule has 2 aromatic heterocycles. The summed E-state index contributed by atoms with van der Waals surface area (Å²) >= 11 is 9.42. The summed E-state index contributed by atoms with van der Waals surface area (Å²) in [6.45, 7) is 0. The van der Waals surface area contributed by atoms with E-state index in [0.29, 0.717) is 15.5 Å². The van der Waals surface area contributed by atoms with E-state index in [9.17, 15) is 9.59 Å². The number of carbonyl (C=O) groups excluding carboxylic acids is 1. The third kappa shape index (κ3) is 6.92. The van der Waals surface area contributed by atoms with Crippen molar-refractivity contribution in [2.24, 2.45) is 0 Å². The second-order valence-electron chi connectivity index (χ2n) is 6.07. The maximum Gasteiger partial charge on any atom is 1.00 e. The maximum atomic E-state index is 11.4. The maximum absolute atomic E-state index is 11.4. The van der Waals surface area contributed by atoms with Gasteiger partial charge >= 0.3 is 41.5 Å². The molecular formula is C21H17Br2NaO7S2. The van der Waals surface area contributed by atoms with Gasteiger partial charge in [-0.1, -0.05) is 0 Å². The van der Waals surface area contributed by atoms with Gasteiger partial charge < -0.3 is 24.8 Å². The predicted octanol–water partition coefficient (Wildman–Crippen LogP) is 3.66. The summed E-state index contributed by atoms with van der Waals surface area (Å²) in [5.41, 5.74) is 0. The molecule has 12 heteroatoms. The number of fused-ring (bicyclic) bond motifs is 2. The molecule has 4 rings (SSSR count). The molecule has 0 spiro atoms. The molecule has 4 aromatic rings. The molecule has 2 N–H and O–H groups in total. The van der Waals surface area contributed by atoms with E-state index < -0.39 is 5.97 Å². The number of carboxylic acids is 1. The van der Waals surface area contributed by atoms with Crippen LogP contribution in [0.2, 0.25) is 0 Å². The van der Waals surface area contributed by atoms with Crippen LogP contribution in [0.3, 0.4) is 0 Å². The number of methoxy groups -OCH3 is 3. The average molecular weight is 628 g/mol. The Morgan fingerprint density at radius 3 is 1.61 bits per heavy atom. The van der Waals surface area contributed by atoms with Crippen molar-refractivity contribution in [3.63, 3.8) is 0 Å². The normalized spacial score (nSPS) is 9.85. The van der Waals surface area contributed by atoms with E-state index in [1.165, 1.54) is 29.8 Å². The number of thiophene rings is 2. The first-order valence-electron chi connectivity index (χ1n) is 8.63. The van der Waals surface area contributed by atoms with Gasteiger partial charge in [-0.15, -0.1) is 22.7 Å². The van der Waals surface area contributed by atoms with Crippen LogP contribution >= 0.6 is 54.5 Å². The van der Waals surface area contributed by atoms with E-state index >= 15 is 0 Å². The van der Waals surface area contributed by atoms with Crippen LogP contribution in [0.25, 0.3) is 20.2 Å². The third-order valence-corrected chi connectivity index (χ3v) is 7.58. The fourth-order valence-corrected chi connectivity index (χ4v) is 5.94. The molecule has 2 aromatic carbocycles. The minimum absolute atomic E-state index is 0. The van der Waals surface area contributed by atoms with Crippen LogP contribution in [0.4, 0.5) is 0 Å². The Kier molecular flexibility index (Phi) is 11.8. The van der Waals surface area contributed by atoms with Gasteiger partial charge in [0.05, 0.1) is 30.3 Å². The average Bonchev–Trinajstić information content (AvgIpc) is 3.35. The van der Waals surface area contributed by atoms with Crippen LogP contribution in [0.5, 0.6) is 11.5 Å². The van der Waals surface area contributed by atoms with E-state index in [2.05, 4.69) is 36.6 Å².